The Balaban J connectivity index is 4.54. The van der Waals surface area contributed by atoms with Gasteiger partial charge in [0.2, 0.25) is 0 Å². The second-order valence-corrected chi connectivity index (χ2v) is 32.5. The summed E-state index contributed by atoms with van der Waals surface area (Å²) in [4.78, 5) is 58.9. The van der Waals surface area contributed by atoms with E-state index >= 15 is 0 Å². The van der Waals surface area contributed by atoms with Gasteiger partial charge in [0.05, 0.1) is 26.4 Å². The minimum Gasteiger partial charge on any atom is -0.463 e. The van der Waals surface area contributed by atoms with Gasteiger partial charge < -0.3 is 34.2 Å². The lowest BCUT2D eigenvalue weighted by atomic mass is 10.0. The minimum absolute atomic E-state index is 0.0217. The van der Waals surface area contributed by atoms with Crippen LogP contribution in [0.1, 0.15) is 355 Å². The summed E-state index contributed by atoms with van der Waals surface area (Å²) in [5.74, 6) is -1.64. The molecule has 4 N–H and O–H groups in total. The van der Waals surface area contributed by atoms with Gasteiger partial charge in [-0.15, -0.1) is 0 Å². The Bertz CT molecular complexity index is 2820. The molecule has 0 amide bonds. The topological polar surface area (TPSA) is 231 Å². The van der Waals surface area contributed by atoms with Gasteiger partial charge >= 0.3 is 33.6 Å². The highest BCUT2D eigenvalue weighted by molar-refractivity contribution is 7.47. The van der Waals surface area contributed by atoms with Gasteiger partial charge in [0.15, 0.2) is 6.10 Å². The van der Waals surface area contributed by atoms with E-state index in [2.05, 4.69) is 191 Å². The molecule has 0 aromatic rings. The van der Waals surface area contributed by atoms with Crippen molar-refractivity contribution in [2.75, 3.05) is 39.6 Å². The predicted octanol–water partition coefficient (Wildman–Crippen LogP) is 27.7. The van der Waals surface area contributed by atoms with Crippen LogP contribution in [0, 0.1) is 0 Å². The molecular weight excluding hydrogens is 1480 g/mol. The molecule has 5 atom stereocenters. The molecule has 0 radical (unpaired) electrons. The normalized spacial score (nSPS) is 14.7. The first-order valence-electron chi connectivity index (χ1n) is 45.1. The lowest BCUT2D eigenvalue weighted by Crippen LogP contribution is -2.30. The SMILES string of the molecule is CC/C=C\C/C=C\C/C=C\C/C=C\C/C=C\C/C=C\CCCCCCCCCCCCCCCCC(=O)OCC(O)COP(=O)(O)OCC(O)COP(=O)(O)OCC(COC(=O)CCCCCCCCCCCCCCC/C=C\C/C=C\C/C=C\C/C=C\CCCCC)OC(=O)CCC/C=C\C/C=C\C/C=C\C/C=C\C/C=C\CC. The molecule has 0 saturated carbocycles. The van der Waals surface area contributed by atoms with Crippen molar-refractivity contribution in [2.24, 2.45) is 0 Å². The van der Waals surface area contributed by atoms with Gasteiger partial charge in [-0.25, -0.2) is 9.13 Å². The number of phosphoric acid groups is 2. The van der Waals surface area contributed by atoms with Gasteiger partial charge in [0.1, 0.15) is 25.4 Å². The number of allylic oxidation sites excluding steroid dienone is 30. The highest BCUT2D eigenvalue weighted by Gasteiger charge is 2.29. The number of carbonyl (C=O) groups is 3. The lowest BCUT2D eigenvalue weighted by molar-refractivity contribution is -0.161. The third kappa shape index (κ3) is 89.3. The average molecular weight is 1650 g/mol. The van der Waals surface area contributed by atoms with Gasteiger partial charge in [-0.05, 0) is 154 Å². The molecule has 656 valence electrons. The van der Waals surface area contributed by atoms with Crippen LogP contribution in [-0.2, 0) is 55.8 Å². The summed E-state index contributed by atoms with van der Waals surface area (Å²) in [5, 5.41) is 20.7. The third-order valence-corrected chi connectivity index (χ3v) is 20.5. The molecule has 0 aromatic carbocycles. The number of rotatable bonds is 84. The van der Waals surface area contributed by atoms with Crippen molar-refractivity contribution in [3.8, 4) is 0 Å². The van der Waals surface area contributed by atoms with Gasteiger partial charge in [-0.1, -0.05) is 364 Å². The van der Waals surface area contributed by atoms with E-state index < -0.39 is 91.5 Å². The fourth-order valence-electron chi connectivity index (χ4n) is 11.8. The van der Waals surface area contributed by atoms with Crippen LogP contribution in [0.3, 0.4) is 0 Å². The van der Waals surface area contributed by atoms with Crippen molar-refractivity contribution in [1.29, 1.82) is 0 Å². The molecule has 115 heavy (non-hydrogen) atoms. The Kier molecular flexibility index (Phi) is 83.9. The quantitative estimate of drug-likeness (QED) is 0.0146. The molecule has 0 aliphatic heterocycles. The van der Waals surface area contributed by atoms with Gasteiger partial charge in [-0.2, -0.15) is 0 Å². The summed E-state index contributed by atoms with van der Waals surface area (Å²) in [5.41, 5.74) is 0. The van der Waals surface area contributed by atoms with Gasteiger partial charge in [0.25, 0.3) is 0 Å². The first-order valence-corrected chi connectivity index (χ1v) is 48.1. The molecule has 0 aromatic heterocycles. The summed E-state index contributed by atoms with van der Waals surface area (Å²) in [6.07, 6.45) is 115. The van der Waals surface area contributed by atoms with Crippen LogP contribution in [0.25, 0.3) is 0 Å². The molecule has 0 spiro atoms. The number of esters is 3. The molecule has 0 fully saturated rings. The number of phosphoric ester groups is 2. The van der Waals surface area contributed by atoms with Gasteiger partial charge in [-0.3, -0.25) is 32.5 Å². The van der Waals surface area contributed by atoms with Crippen LogP contribution in [0.5, 0.6) is 0 Å². The molecule has 5 unspecified atom stereocenters. The number of aliphatic hydroxyl groups excluding tert-OH is 2. The highest BCUT2D eigenvalue weighted by atomic mass is 31.2. The number of carbonyl (C=O) groups excluding carboxylic acids is 3. The molecule has 0 rings (SSSR count). The van der Waals surface area contributed by atoms with E-state index in [9.17, 15) is 43.5 Å². The zero-order valence-corrected chi connectivity index (χ0v) is 73.9. The van der Waals surface area contributed by atoms with E-state index in [1.54, 1.807) is 0 Å². The zero-order valence-electron chi connectivity index (χ0n) is 72.1. The first-order chi connectivity index (χ1) is 56.2. The molecule has 16 nitrogen and oxygen atoms in total. The molecule has 0 aliphatic rings. The second-order valence-electron chi connectivity index (χ2n) is 29.6. The maximum atomic E-state index is 13.0. The van der Waals surface area contributed by atoms with Crippen LogP contribution >= 0.6 is 15.6 Å². The van der Waals surface area contributed by atoms with Crippen LogP contribution in [0.15, 0.2) is 182 Å². The van der Waals surface area contributed by atoms with Crippen molar-refractivity contribution in [3.05, 3.63) is 182 Å². The Morgan fingerprint density at radius 3 is 0.757 bits per heavy atom. The summed E-state index contributed by atoms with van der Waals surface area (Å²) in [6.45, 7) is 2.38. The van der Waals surface area contributed by atoms with E-state index in [4.69, 9.17) is 32.3 Å². The number of ether oxygens (including phenoxy) is 3. The van der Waals surface area contributed by atoms with Crippen LogP contribution < -0.4 is 0 Å². The second kappa shape index (κ2) is 87.9. The summed E-state index contributed by atoms with van der Waals surface area (Å²) < 4.78 is 61.3. The smallest absolute Gasteiger partial charge is 0.463 e. The van der Waals surface area contributed by atoms with Gasteiger partial charge in [0, 0.05) is 19.3 Å². The van der Waals surface area contributed by atoms with Crippen LogP contribution in [0.2, 0.25) is 0 Å². The molecule has 0 bridgehead atoms. The van der Waals surface area contributed by atoms with Crippen molar-refractivity contribution in [1.82, 2.24) is 0 Å². The van der Waals surface area contributed by atoms with E-state index in [1.807, 2.05) is 12.2 Å². The van der Waals surface area contributed by atoms with Crippen molar-refractivity contribution in [2.45, 2.75) is 373 Å². The number of hydrogen-bond acceptors (Lipinski definition) is 14. The average Bonchev–Trinajstić information content (AvgIpc) is 0.902. The standard InChI is InChI=1S/C97H162O16P2/c1-4-7-10-13-16-19-22-25-28-31-33-35-37-39-41-43-44-45-46-48-50-51-53-55-57-60-62-65-68-71-74-77-80-83-95(100)107-86-92(98)87-109-114(103,104)110-88-93(99)89-111-115(105,106)112-91-94(113-97(102)85-82-79-76-73-70-67-64-59-30-27-24-21-18-15-12-9-6-3)90-108-96(101)84-81-78-75-72-69-66-63-61-58-56-54-52-49-47-42-40-38-36-34-32-29-26-23-20-17-14-11-8-5-2/h7,9-10,12,16-21,25-30,33-36,39-42,44-45,64,67,73,76,92-94,98-99H,4-6,8,11,13-15,22-24,31-32,37-38,43,46-63,65-66,68-72,74-75,77-91H2,1-3H3,(H,103,104)(H,105,106)/b10-7-,12-9-,19-16-,20-17-,21-18-,28-25-,29-26-,30-27-,35-33-,36-34-,41-39-,42-40-,45-44-,67-64-,76-73-. The van der Waals surface area contributed by atoms with E-state index in [0.717, 1.165) is 148 Å². The van der Waals surface area contributed by atoms with Crippen LogP contribution in [-0.4, -0.2) is 95.9 Å². The lowest BCUT2D eigenvalue weighted by Gasteiger charge is -2.21. The van der Waals surface area contributed by atoms with E-state index in [-0.39, 0.29) is 19.3 Å². The number of aliphatic hydroxyl groups is 2. The first kappa shape index (κ1) is 110. The minimum atomic E-state index is -4.96. The predicted molar refractivity (Wildman–Crippen MR) is 481 cm³/mol. The van der Waals surface area contributed by atoms with Crippen molar-refractivity contribution < 1.29 is 75.8 Å². The molecule has 18 heteroatoms. The fraction of sp³-hybridized carbons (Fsp3) is 0.660. The Labute approximate surface area is 700 Å². The van der Waals surface area contributed by atoms with Crippen molar-refractivity contribution >= 4 is 33.6 Å². The largest absolute Gasteiger partial charge is 0.472 e. The summed E-state index contributed by atoms with van der Waals surface area (Å²) >= 11 is 0. The van der Waals surface area contributed by atoms with E-state index in [1.165, 1.54) is 141 Å². The summed E-state index contributed by atoms with van der Waals surface area (Å²) in [7, 11) is -9.83. The van der Waals surface area contributed by atoms with Crippen molar-refractivity contribution in [3.63, 3.8) is 0 Å². The molecule has 0 aliphatic carbocycles. The Hall–Kier alpha value is -5.35. The summed E-state index contributed by atoms with van der Waals surface area (Å²) in [6, 6.07) is 0. The Morgan fingerprint density at radius 2 is 0.470 bits per heavy atom. The molecule has 0 heterocycles. The molecule has 0 saturated heterocycles. The monoisotopic (exact) mass is 1650 g/mol. The zero-order chi connectivity index (χ0) is 83.6. The Morgan fingerprint density at radius 1 is 0.252 bits per heavy atom. The fourth-order valence-corrected chi connectivity index (χ4v) is 13.4. The maximum absolute atomic E-state index is 13.0. The number of unbranched alkanes of at least 4 members (excludes halogenated alkanes) is 31. The third-order valence-electron chi connectivity index (χ3n) is 18.6. The highest BCUT2D eigenvalue weighted by Crippen LogP contribution is 2.45. The number of hydrogen-bond donors (Lipinski definition) is 4. The van der Waals surface area contributed by atoms with E-state index in [0.29, 0.717) is 25.7 Å². The maximum Gasteiger partial charge on any atom is 0.472 e. The molecular formula is C97H162O16P2. The van der Waals surface area contributed by atoms with Crippen LogP contribution in [0.4, 0.5) is 0 Å².